The van der Waals surface area contributed by atoms with Crippen LogP contribution in [0, 0.1) is 0 Å². The molecule has 0 N–H and O–H groups in total. The minimum atomic E-state index is 0.0314. The first-order valence-electron chi connectivity index (χ1n) is 6.46. The van der Waals surface area contributed by atoms with Crippen LogP contribution >= 0.6 is 39.3 Å². The van der Waals surface area contributed by atoms with E-state index in [0.717, 1.165) is 22.4 Å². The zero-order valence-electron chi connectivity index (χ0n) is 11.3. The first-order valence-corrected chi connectivity index (χ1v) is 8.78. The van der Waals surface area contributed by atoms with Crippen molar-refractivity contribution in [2.24, 2.45) is 0 Å². The second-order valence-corrected chi connectivity index (χ2v) is 7.05. The molecule has 2 rings (SSSR count). The number of carbonyl (C=O) groups excluding carboxylic acids is 1. The predicted octanol–water partition coefficient (Wildman–Crippen LogP) is 3.70. The lowest BCUT2D eigenvalue weighted by Gasteiger charge is -2.28. The van der Waals surface area contributed by atoms with E-state index in [1.165, 1.54) is 0 Å². The lowest BCUT2D eigenvalue weighted by Crippen LogP contribution is -2.42. The van der Waals surface area contributed by atoms with Gasteiger partial charge < -0.3 is 9.64 Å². The van der Waals surface area contributed by atoms with E-state index in [2.05, 4.69) is 15.9 Å². The van der Waals surface area contributed by atoms with Crippen molar-refractivity contribution in [2.45, 2.75) is 12.5 Å². The Balaban J connectivity index is 2.17. The molecule has 0 saturated carbocycles. The van der Waals surface area contributed by atoms with E-state index in [1.54, 1.807) is 19.2 Å². The van der Waals surface area contributed by atoms with Crippen molar-refractivity contribution in [1.29, 1.82) is 0 Å². The molecule has 1 aliphatic rings. The second kappa shape index (κ2) is 7.69. The number of hydrogen-bond acceptors (Lipinski definition) is 3. The summed E-state index contributed by atoms with van der Waals surface area (Å²) in [7, 11) is 1.66. The fourth-order valence-electron chi connectivity index (χ4n) is 2.20. The van der Waals surface area contributed by atoms with Gasteiger partial charge in [0.05, 0.1) is 11.6 Å². The lowest BCUT2D eigenvalue weighted by atomic mass is 10.1. The van der Waals surface area contributed by atoms with Gasteiger partial charge in [-0.1, -0.05) is 11.6 Å². The molecule has 0 aliphatic carbocycles. The number of nitrogens with zero attached hydrogens (tertiary/aromatic N) is 1. The van der Waals surface area contributed by atoms with Gasteiger partial charge in [0, 0.05) is 35.5 Å². The Labute approximate surface area is 137 Å². The van der Waals surface area contributed by atoms with Crippen LogP contribution in [0.25, 0.3) is 0 Å². The van der Waals surface area contributed by atoms with Crippen LogP contribution in [-0.2, 0) is 4.74 Å². The van der Waals surface area contributed by atoms with Gasteiger partial charge in [-0.2, -0.15) is 11.8 Å². The highest BCUT2D eigenvalue weighted by molar-refractivity contribution is 9.10. The van der Waals surface area contributed by atoms with Gasteiger partial charge in [0.15, 0.2) is 0 Å². The number of amides is 1. The maximum atomic E-state index is 12.7. The molecule has 1 heterocycles. The third-order valence-corrected chi connectivity index (χ3v) is 5.69. The van der Waals surface area contributed by atoms with Crippen LogP contribution in [0.4, 0.5) is 0 Å². The fourth-order valence-corrected chi connectivity index (χ4v) is 3.85. The van der Waals surface area contributed by atoms with Crippen molar-refractivity contribution in [1.82, 2.24) is 4.90 Å². The standard InChI is InChI=1S/C14H17BrClNO2S/c1-19-6-5-17(11-4-7-20-9-11)14(18)10-2-3-12(15)13(16)8-10/h2-3,8,11H,4-7,9H2,1H3. The molecule has 1 fully saturated rings. The third kappa shape index (κ3) is 3.91. The molecule has 110 valence electrons. The molecule has 1 atom stereocenters. The van der Waals surface area contributed by atoms with Crippen LogP contribution < -0.4 is 0 Å². The topological polar surface area (TPSA) is 29.5 Å². The average molecular weight is 379 g/mol. The van der Waals surface area contributed by atoms with E-state index in [0.29, 0.717) is 29.8 Å². The number of carbonyl (C=O) groups is 1. The van der Waals surface area contributed by atoms with Crippen molar-refractivity contribution < 1.29 is 9.53 Å². The summed E-state index contributed by atoms with van der Waals surface area (Å²) < 4.78 is 5.93. The Morgan fingerprint density at radius 2 is 2.40 bits per heavy atom. The predicted molar refractivity (Wildman–Crippen MR) is 87.8 cm³/mol. The zero-order valence-corrected chi connectivity index (χ0v) is 14.4. The highest BCUT2D eigenvalue weighted by atomic mass is 79.9. The Morgan fingerprint density at radius 3 is 3.00 bits per heavy atom. The smallest absolute Gasteiger partial charge is 0.254 e. The Bertz CT molecular complexity index is 480. The summed E-state index contributed by atoms with van der Waals surface area (Å²) in [5.41, 5.74) is 0.631. The van der Waals surface area contributed by atoms with Crippen molar-refractivity contribution in [3.63, 3.8) is 0 Å². The Kier molecular flexibility index (Phi) is 6.20. The second-order valence-electron chi connectivity index (χ2n) is 4.64. The summed E-state index contributed by atoms with van der Waals surface area (Å²) in [5, 5.41) is 0.559. The molecule has 0 spiro atoms. The van der Waals surface area contributed by atoms with Crippen LogP contribution in [0.2, 0.25) is 5.02 Å². The van der Waals surface area contributed by atoms with E-state index in [1.807, 2.05) is 22.7 Å². The van der Waals surface area contributed by atoms with Crippen molar-refractivity contribution in [2.75, 3.05) is 31.8 Å². The number of thioether (sulfide) groups is 1. The average Bonchev–Trinajstić information content (AvgIpc) is 2.96. The van der Waals surface area contributed by atoms with Crippen molar-refractivity contribution >= 4 is 45.2 Å². The van der Waals surface area contributed by atoms with Crippen LogP contribution in [0.1, 0.15) is 16.8 Å². The lowest BCUT2D eigenvalue weighted by molar-refractivity contribution is 0.0624. The quantitative estimate of drug-likeness (QED) is 0.782. The fraction of sp³-hybridized carbons (Fsp3) is 0.500. The normalized spacial score (nSPS) is 18.2. The Hall–Kier alpha value is -0.230. The maximum absolute atomic E-state index is 12.7. The Morgan fingerprint density at radius 1 is 1.60 bits per heavy atom. The monoisotopic (exact) mass is 377 g/mol. The molecule has 1 aromatic carbocycles. The van der Waals surface area contributed by atoms with Gasteiger partial charge in [-0.3, -0.25) is 4.79 Å². The van der Waals surface area contributed by atoms with Gasteiger partial charge in [0.25, 0.3) is 5.91 Å². The third-order valence-electron chi connectivity index (χ3n) is 3.31. The summed E-state index contributed by atoms with van der Waals surface area (Å²) in [6.07, 6.45) is 1.05. The summed E-state index contributed by atoms with van der Waals surface area (Å²) in [6.45, 7) is 1.17. The highest BCUT2D eigenvalue weighted by Gasteiger charge is 2.27. The number of hydrogen-bond donors (Lipinski definition) is 0. The van der Waals surface area contributed by atoms with Gasteiger partial charge >= 0.3 is 0 Å². The van der Waals surface area contributed by atoms with E-state index in [-0.39, 0.29) is 5.91 Å². The number of rotatable bonds is 5. The number of benzene rings is 1. The SMILES string of the molecule is COCCN(C(=O)c1ccc(Br)c(Cl)c1)C1CCSC1. The van der Waals surface area contributed by atoms with Crippen LogP contribution in [0.15, 0.2) is 22.7 Å². The molecular formula is C14H17BrClNO2S. The molecule has 0 bridgehead atoms. The molecule has 6 heteroatoms. The number of halogens is 2. The molecule has 1 saturated heterocycles. The van der Waals surface area contributed by atoms with Gasteiger partial charge in [-0.05, 0) is 46.3 Å². The summed E-state index contributed by atoms with van der Waals surface area (Å²) in [4.78, 5) is 14.6. The van der Waals surface area contributed by atoms with E-state index < -0.39 is 0 Å². The molecule has 0 radical (unpaired) electrons. The number of methoxy groups -OCH3 is 1. The minimum Gasteiger partial charge on any atom is -0.383 e. The molecule has 3 nitrogen and oxygen atoms in total. The number of ether oxygens (including phenoxy) is 1. The molecule has 1 aromatic rings. The first-order chi connectivity index (χ1) is 9.63. The van der Waals surface area contributed by atoms with Gasteiger partial charge in [0.2, 0.25) is 0 Å². The van der Waals surface area contributed by atoms with Crippen molar-refractivity contribution in [3.8, 4) is 0 Å². The van der Waals surface area contributed by atoms with Crippen LogP contribution in [0.3, 0.4) is 0 Å². The molecule has 1 aliphatic heterocycles. The zero-order chi connectivity index (χ0) is 14.5. The molecule has 0 aromatic heterocycles. The summed E-state index contributed by atoms with van der Waals surface area (Å²) in [5.74, 6) is 2.14. The van der Waals surface area contributed by atoms with Crippen LogP contribution in [0.5, 0.6) is 0 Å². The van der Waals surface area contributed by atoms with Crippen LogP contribution in [-0.4, -0.2) is 48.6 Å². The van der Waals surface area contributed by atoms with Gasteiger partial charge in [-0.15, -0.1) is 0 Å². The largest absolute Gasteiger partial charge is 0.383 e. The summed E-state index contributed by atoms with van der Waals surface area (Å²) in [6, 6.07) is 5.63. The van der Waals surface area contributed by atoms with Gasteiger partial charge in [-0.25, -0.2) is 0 Å². The molecule has 1 amide bonds. The van der Waals surface area contributed by atoms with E-state index in [4.69, 9.17) is 16.3 Å². The maximum Gasteiger partial charge on any atom is 0.254 e. The van der Waals surface area contributed by atoms with E-state index >= 15 is 0 Å². The molecular weight excluding hydrogens is 362 g/mol. The molecule has 1 unspecified atom stereocenters. The highest BCUT2D eigenvalue weighted by Crippen LogP contribution is 2.27. The van der Waals surface area contributed by atoms with Gasteiger partial charge in [0.1, 0.15) is 0 Å². The van der Waals surface area contributed by atoms with E-state index in [9.17, 15) is 4.79 Å². The summed E-state index contributed by atoms with van der Waals surface area (Å²) >= 11 is 11.3. The minimum absolute atomic E-state index is 0.0314. The molecule has 20 heavy (non-hydrogen) atoms. The first kappa shape index (κ1) is 16.1. The van der Waals surface area contributed by atoms with Crippen molar-refractivity contribution in [3.05, 3.63) is 33.3 Å².